The highest BCUT2D eigenvalue weighted by molar-refractivity contribution is 5.58. The molecule has 2 aromatic rings. The minimum absolute atomic E-state index is 0.155. The number of hydrogen-bond acceptors (Lipinski definition) is 2. The van der Waals surface area contributed by atoms with Crippen molar-refractivity contribution in [2.45, 2.75) is 44.6 Å². The van der Waals surface area contributed by atoms with E-state index in [-0.39, 0.29) is 17.3 Å². The Morgan fingerprint density at radius 3 is 2.60 bits per heavy atom. The van der Waals surface area contributed by atoms with Crippen molar-refractivity contribution >= 4 is 0 Å². The van der Waals surface area contributed by atoms with Crippen LogP contribution in [0.4, 0.5) is 4.39 Å². The minimum Gasteiger partial charge on any atom is -0.246 e. The number of halogens is 1. The molecule has 1 aromatic heterocycles. The predicted molar refractivity (Wildman–Crippen MR) is 74.8 cm³/mol. The third kappa shape index (κ3) is 1.57. The van der Waals surface area contributed by atoms with E-state index >= 15 is 0 Å². The van der Waals surface area contributed by atoms with Gasteiger partial charge >= 0.3 is 0 Å². The molecule has 3 saturated carbocycles. The first-order chi connectivity index (χ1) is 9.57. The van der Waals surface area contributed by atoms with E-state index in [2.05, 4.69) is 10.3 Å². The van der Waals surface area contributed by atoms with Crippen LogP contribution in [0.5, 0.6) is 0 Å². The highest BCUT2D eigenvalue weighted by Gasteiger charge is 2.58. The molecular formula is C16H18FN3. The van der Waals surface area contributed by atoms with E-state index < -0.39 is 0 Å². The number of benzene rings is 1. The maximum absolute atomic E-state index is 14.1. The summed E-state index contributed by atoms with van der Waals surface area (Å²) in [7, 11) is 0. The zero-order chi connectivity index (χ0) is 13.9. The van der Waals surface area contributed by atoms with Crippen LogP contribution in [-0.4, -0.2) is 15.0 Å². The van der Waals surface area contributed by atoms with Gasteiger partial charge in [0.2, 0.25) is 0 Å². The Labute approximate surface area is 117 Å². The fourth-order valence-electron chi connectivity index (χ4n) is 3.50. The molecule has 5 rings (SSSR count). The van der Waals surface area contributed by atoms with E-state index in [0.29, 0.717) is 0 Å². The Hall–Kier alpha value is -1.71. The van der Waals surface area contributed by atoms with Crippen LogP contribution in [0.2, 0.25) is 0 Å². The summed E-state index contributed by atoms with van der Waals surface area (Å²) < 4.78 is 16.1. The molecule has 0 N–H and O–H groups in total. The van der Waals surface area contributed by atoms with E-state index in [9.17, 15) is 4.39 Å². The summed E-state index contributed by atoms with van der Waals surface area (Å²) in [5, 5.41) is 8.48. The van der Waals surface area contributed by atoms with E-state index in [4.69, 9.17) is 0 Å². The van der Waals surface area contributed by atoms with Gasteiger partial charge in [-0.3, -0.25) is 0 Å². The number of rotatable bonds is 3. The SMILES string of the molecule is CC(C)c1ccc(-c2cn(C34CC(C3)C4)nn2)cc1F. The smallest absolute Gasteiger partial charge is 0.127 e. The molecule has 0 aliphatic heterocycles. The standard InChI is InChI=1S/C16H18FN3/c1-10(2)13-4-3-12(5-14(13)17)15-9-20(19-18-15)16-6-11(7-16)8-16/h3-5,9-11H,6-8H2,1-2H3. The maximum atomic E-state index is 14.1. The van der Waals surface area contributed by atoms with Gasteiger partial charge in [-0.25, -0.2) is 9.07 Å². The second-order valence-electron chi connectivity index (χ2n) is 6.64. The molecule has 1 heterocycles. The van der Waals surface area contributed by atoms with Crippen molar-refractivity contribution < 1.29 is 4.39 Å². The van der Waals surface area contributed by atoms with Crippen LogP contribution in [0.3, 0.4) is 0 Å². The molecule has 0 spiro atoms. The lowest BCUT2D eigenvalue weighted by molar-refractivity contribution is -0.0988. The second-order valence-corrected chi connectivity index (χ2v) is 6.64. The molecule has 3 aliphatic rings. The van der Waals surface area contributed by atoms with Crippen LogP contribution in [0.15, 0.2) is 24.4 Å². The van der Waals surface area contributed by atoms with Gasteiger partial charge in [0.15, 0.2) is 0 Å². The molecule has 3 fully saturated rings. The molecule has 3 aliphatic carbocycles. The van der Waals surface area contributed by atoms with Crippen molar-refractivity contribution in [3.63, 3.8) is 0 Å². The van der Waals surface area contributed by atoms with Gasteiger partial charge in [-0.05, 0) is 42.7 Å². The van der Waals surface area contributed by atoms with E-state index in [1.54, 1.807) is 6.07 Å². The largest absolute Gasteiger partial charge is 0.246 e. The van der Waals surface area contributed by atoms with Crippen LogP contribution in [0.1, 0.15) is 44.6 Å². The van der Waals surface area contributed by atoms with Crippen molar-refractivity contribution in [1.82, 2.24) is 15.0 Å². The molecule has 0 saturated heterocycles. The molecule has 2 bridgehead atoms. The van der Waals surface area contributed by atoms with Gasteiger partial charge < -0.3 is 0 Å². The van der Waals surface area contributed by atoms with Crippen LogP contribution < -0.4 is 0 Å². The number of nitrogens with zero attached hydrogens (tertiary/aromatic N) is 3. The third-order valence-corrected chi connectivity index (χ3v) is 4.90. The van der Waals surface area contributed by atoms with Crippen molar-refractivity contribution in [2.24, 2.45) is 5.92 Å². The quantitative estimate of drug-likeness (QED) is 0.852. The van der Waals surface area contributed by atoms with Crippen LogP contribution in [0.25, 0.3) is 11.3 Å². The van der Waals surface area contributed by atoms with Gasteiger partial charge in [0.25, 0.3) is 0 Å². The Balaban J connectivity index is 1.66. The summed E-state index contributed by atoms with van der Waals surface area (Å²) in [6.45, 7) is 3.99. The van der Waals surface area contributed by atoms with Gasteiger partial charge in [-0.1, -0.05) is 31.2 Å². The molecule has 0 unspecified atom stereocenters. The lowest BCUT2D eigenvalue weighted by Gasteiger charge is -2.61. The lowest BCUT2D eigenvalue weighted by atomic mass is 9.50. The van der Waals surface area contributed by atoms with Crippen LogP contribution in [-0.2, 0) is 5.54 Å². The average Bonchev–Trinajstić information content (AvgIpc) is 2.73. The first-order valence-electron chi connectivity index (χ1n) is 7.30. The molecular weight excluding hydrogens is 253 g/mol. The Bertz CT molecular complexity index is 657. The highest BCUT2D eigenvalue weighted by atomic mass is 19.1. The molecule has 0 radical (unpaired) electrons. The van der Waals surface area contributed by atoms with Crippen molar-refractivity contribution in [3.8, 4) is 11.3 Å². The van der Waals surface area contributed by atoms with Gasteiger partial charge in [0.05, 0.1) is 11.7 Å². The van der Waals surface area contributed by atoms with Gasteiger partial charge in [0, 0.05) is 5.56 Å². The van der Waals surface area contributed by atoms with Crippen molar-refractivity contribution in [3.05, 3.63) is 35.8 Å². The van der Waals surface area contributed by atoms with Crippen LogP contribution >= 0.6 is 0 Å². The van der Waals surface area contributed by atoms with Crippen molar-refractivity contribution in [2.75, 3.05) is 0 Å². The van der Waals surface area contributed by atoms with Gasteiger partial charge in [0.1, 0.15) is 11.5 Å². The Morgan fingerprint density at radius 1 is 1.30 bits per heavy atom. The summed E-state index contributed by atoms with van der Waals surface area (Å²) in [6, 6.07) is 5.37. The molecule has 4 heteroatoms. The first-order valence-corrected chi connectivity index (χ1v) is 7.30. The first kappa shape index (κ1) is 12.1. The normalized spacial score (nSPS) is 27.3. The summed E-state index contributed by atoms with van der Waals surface area (Å²) >= 11 is 0. The monoisotopic (exact) mass is 271 g/mol. The number of hydrogen-bond donors (Lipinski definition) is 0. The topological polar surface area (TPSA) is 30.7 Å². The molecule has 20 heavy (non-hydrogen) atoms. The summed E-state index contributed by atoms with van der Waals surface area (Å²) in [5.41, 5.74) is 2.57. The maximum Gasteiger partial charge on any atom is 0.127 e. The van der Waals surface area contributed by atoms with Gasteiger partial charge in [-0.15, -0.1) is 5.10 Å². The average molecular weight is 271 g/mol. The zero-order valence-electron chi connectivity index (χ0n) is 11.8. The zero-order valence-corrected chi connectivity index (χ0v) is 11.8. The molecule has 3 nitrogen and oxygen atoms in total. The van der Waals surface area contributed by atoms with Gasteiger partial charge in [-0.2, -0.15) is 0 Å². The minimum atomic E-state index is -0.155. The lowest BCUT2D eigenvalue weighted by Crippen LogP contribution is -2.59. The third-order valence-electron chi connectivity index (χ3n) is 4.90. The Morgan fingerprint density at radius 2 is 2.05 bits per heavy atom. The van der Waals surface area contributed by atoms with Crippen molar-refractivity contribution in [1.29, 1.82) is 0 Å². The summed E-state index contributed by atoms with van der Waals surface area (Å²) in [6.07, 6.45) is 5.67. The van der Waals surface area contributed by atoms with E-state index in [1.807, 2.05) is 36.9 Å². The fraction of sp³-hybridized carbons (Fsp3) is 0.500. The molecule has 0 atom stereocenters. The van der Waals surface area contributed by atoms with E-state index in [0.717, 1.165) is 22.7 Å². The highest BCUT2D eigenvalue weighted by Crippen LogP contribution is 2.61. The number of aromatic nitrogens is 3. The van der Waals surface area contributed by atoms with E-state index in [1.165, 1.54) is 19.3 Å². The molecule has 1 aromatic carbocycles. The summed E-state index contributed by atoms with van der Waals surface area (Å²) in [5.74, 6) is 0.948. The molecule has 104 valence electrons. The molecule has 0 amide bonds. The summed E-state index contributed by atoms with van der Waals surface area (Å²) in [4.78, 5) is 0. The fourth-order valence-corrected chi connectivity index (χ4v) is 3.50. The second kappa shape index (κ2) is 3.90. The Kier molecular flexibility index (Phi) is 2.35. The van der Waals surface area contributed by atoms with Crippen LogP contribution in [0, 0.1) is 11.7 Å². The predicted octanol–water partition coefficient (Wildman–Crippen LogP) is 3.72.